The lowest BCUT2D eigenvalue weighted by molar-refractivity contribution is 0.371. The zero-order valence-electron chi connectivity index (χ0n) is 11.7. The zero-order valence-corrected chi connectivity index (χ0v) is 12.4. The molecule has 0 spiro atoms. The van der Waals surface area contributed by atoms with E-state index in [9.17, 15) is 8.78 Å². The highest BCUT2D eigenvalue weighted by atomic mass is 35.5. The van der Waals surface area contributed by atoms with Crippen molar-refractivity contribution >= 4 is 17.3 Å². The van der Waals surface area contributed by atoms with Gasteiger partial charge in [-0.05, 0) is 48.9 Å². The molecule has 0 amide bonds. The van der Waals surface area contributed by atoms with E-state index in [1.165, 1.54) is 12.1 Å². The van der Waals surface area contributed by atoms with E-state index in [2.05, 4.69) is 5.32 Å². The van der Waals surface area contributed by atoms with Crippen molar-refractivity contribution in [2.75, 3.05) is 5.32 Å². The van der Waals surface area contributed by atoms with Crippen LogP contribution in [-0.2, 0) is 0 Å². The first-order chi connectivity index (χ1) is 10.1. The number of rotatable bonds is 3. The van der Waals surface area contributed by atoms with E-state index in [1.807, 2.05) is 24.3 Å². The molecule has 0 aliphatic heterocycles. The lowest BCUT2D eigenvalue weighted by Crippen LogP contribution is -2.34. The Labute approximate surface area is 127 Å². The van der Waals surface area contributed by atoms with E-state index in [0.29, 0.717) is 11.5 Å². The summed E-state index contributed by atoms with van der Waals surface area (Å²) in [4.78, 5) is 0. The van der Waals surface area contributed by atoms with Gasteiger partial charge in [-0.15, -0.1) is 0 Å². The molecule has 21 heavy (non-hydrogen) atoms. The number of aryl methyl sites for hydroxylation is 1. The molecular weight excluding hydrogens is 292 g/mol. The maximum Gasteiger partial charge on any atom is 0.152 e. The Morgan fingerprint density at radius 3 is 2.52 bits per heavy atom. The molecule has 110 valence electrons. The monoisotopic (exact) mass is 307 g/mol. The first-order valence-corrected chi connectivity index (χ1v) is 7.39. The van der Waals surface area contributed by atoms with Gasteiger partial charge in [0.2, 0.25) is 0 Å². The first-order valence-electron chi connectivity index (χ1n) is 7.02. The Hall–Kier alpha value is -1.61. The van der Waals surface area contributed by atoms with E-state index in [0.717, 1.165) is 23.4 Å². The van der Waals surface area contributed by atoms with Crippen molar-refractivity contribution in [2.45, 2.75) is 31.7 Å². The minimum Gasteiger partial charge on any atom is -0.378 e. The maximum atomic E-state index is 13.9. The van der Waals surface area contributed by atoms with E-state index in [-0.39, 0.29) is 11.7 Å². The van der Waals surface area contributed by atoms with Crippen LogP contribution >= 0.6 is 11.6 Å². The summed E-state index contributed by atoms with van der Waals surface area (Å²) < 4.78 is 27.7. The molecule has 2 aromatic carbocycles. The molecule has 1 N–H and O–H groups in total. The van der Waals surface area contributed by atoms with Crippen LogP contribution in [0.4, 0.5) is 14.5 Å². The molecule has 0 radical (unpaired) electrons. The molecule has 0 unspecified atom stereocenters. The molecule has 0 atom stereocenters. The lowest BCUT2D eigenvalue weighted by Gasteiger charge is -2.37. The van der Waals surface area contributed by atoms with Crippen LogP contribution in [-0.4, -0.2) is 6.04 Å². The van der Waals surface area contributed by atoms with Gasteiger partial charge in [0.25, 0.3) is 0 Å². The number of hydrogen-bond donors (Lipinski definition) is 1. The molecule has 3 rings (SSSR count). The molecule has 1 nitrogen and oxygen atoms in total. The second-order valence-corrected chi connectivity index (χ2v) is 5.99. The van der Waals surface area contributed by atoms with Crippen LogP contribution in [0.2, 0.25) is 5.02 Å². The van der Waals surface area contributed by atoms with Gasteiger partial charge in [-0.3, -0.25) is 0 Å². The van der Waals surface area contributed by atoms with E-state index in [4.69, 9.17) is 11.6 Å². The molecule has 0 bridgehead atoms. The predicted octanol–water partition coefficient (Wildman–Crippen LogP) is 5.28. The molecule has 1 saturated carbocycles. The average molecular weight is 308 g/mol. The lowest BCUT2D eigenvalue weighted by atomic mass is 9.75. The van der Waals surface area contributed by atoms with Gasteiger partial charge in [0.15, 0.2) is 5.82 Å². The van der Waals surface area contributed by atoms with Crippen LogP contribution in [0.5, 0.6) is 0 Å². The second kappa shape index (κ2) is 5.64. The van der Waals surface area contributed by atoms with Crippen LogP contribution in [0, 0.1) is 18.6 Å². The van der Waals surface area contributed by atoms with Gasteiger partial charge in [0, 0.05) is 11.1 Å². The fourth-order valence-corrected chi connectivity index (χ4v) is 3.08. The first kappa shape index (κ1) is 14.3. The number of hydrogen-bond acceptors (Lipinski definition) is 1. The summed E-state index contributed by atoms with van der Waals surface area (Å²) in [6.07, 6.45) is 1.66. The van der Waals surface area contributed by atoms with E-state index < -0.39 is 11.6 Å². The van der Waals surface area contributed by atoms with Crippen LogP contribution in [0.1, 0.15) is 29.9 Å². The van der Waals surface area contributed by atoms with Gasteiger partial charge in [0.05, 0.1) is 0 Å². The van der Waals surface area contributed by atoms with Crippen molar-refractivity contribution in [2.24, 2.45) is 0 Å². The van der Waals surface area contributed by atoms with Crippen molar-refractivity contribution in [1.82, 2.24) is 0 Å². The largest absolute Gasteiger partial charge is 0.378 e. The number of halogens is 3. The molecule has 0 saturated heterocycles. The Bertz CT molecular complexity index is 666. The fraction of sp³-hybridized carbons (Fsp3) is 0.294. The van der Waals surface area contributed by atoms with Crippen molar-refractivity contribution in [1.29, 1.82) is 0 Å². The summed E-state index contributed by atoms with van der Waals surface area (Å²) in [5.74, 6) is -0.692. The highest BCUT2D eigenvalue weighted by Gasteiger charge is 2.32. The third kappa shape index (κ3) is 2.75. The number of anilines is 1. The van der Waals surface area contributed by atoms with Gasteiger partial charge in [0.1, 0.15) is 11.5 Å². The minimum atomic E-state index is -0.542. The molecular formula is C17H16ClF2N. The average Bonchev–Trinajstić information content (AvgIpc) is 2.42. The third-order valence-electron chi connectivity index (χ3n) is 4.12. The summed E-state index contributed by atoms with van der Waals surface area (Å²) in [6.45, 7) is 1.63. The standard InChI is InChI=1S/C17H16ClF2N/c1-10-6-7-15(19)17(16(10)20)21-12-8-11(9-12)13-4-2-3-5-14(13)18/h2-7,11-12,21H,8-9H2,1H3. The van der Waals surface area contributed by atoms with Gasteiger partial charge >= 0.3 is 0 Å². The number of benzene rings is 2. The summed E-state index contributed by atoms with van der Waals surface area (Å²) in [6, 6.07) is 10.6. The number of nitrogens with one attached hydrogen (secondary N) is 1. The van der Waals surface area contributed by atoms with Crippen molar-refractivity contribution in [3.63, 3.8) is 0 Å². The zero-order chi connectivity index (χ0) is 15.0. The van der Waals surface area contributed by atoms with Crippen LogP contribution in [0.25, 0.3) is 0 Å². The van der Waals surface area contributed by atoms with Crippen LogP contribution in [0.15, 0.2) is 36.4 Å². The Balaban J connectivity index is 1.68. The van der Waals surface area contributed by atoms with Crippen LogP contribution in [0.3, 0.4) is 0 Å². The molecule has 1 aliphatic rings. The second-order valence-electron chi connectivity index (χ2n) is 5.58. The summed E-state index contributed by atoms with van der Waals surface area (Å²) in [7, 11) is 0. The summed E-state index contributed by atoms with van der Waals surface area (Å²) in [5, 5.41) is 3.74. The van der Waals surface area contributed by atoms with Crippen molar-refractivity contribution in [3.05, 3.63) is 64.2 Å². The summed E-state index contributed by atoms with van der Waals surface area (Å²) >= 11 is 6.17. The minimum absolute atomic E-state index is 0.0161. The quantitative estimate of drug-likeness (QED) is 0.813. The predicted molar refractivity (Wildman–Crippen MR) is 81.9 cm³/mol. The Morgan fingerprint density at radius 1 is 1.10 bits per heavy atom. The molecule has 2 aromatic rings. The van der Waals surface area contributed by atoms with Crippen molar-refractivity contribution < 1.29 is 8.78 Å². The normalized spacial score (nSPS) is 21.0. The third-order valence-corrected chi connectivity index (χ3v) is 4.46. The topological polar surface area (TPSA) is 12.0 Å². The maximum absolute atomic E-state index is 13.9. The SMILES string of the molecule is Cc1ccc(F)c(NC2CC(c3ccccc3Cl)C2)c1F. The van der Waals surface area contributed by atoms with Gasteiger partial charge in [-0.1, -0.05) is 35.9 Å². The van der Waals surface area contributed by atoms with E-state index >= 15 is 0 Å². The smallest absolute Gasteiger partial charge is 0.152 e. The molecule has 0 aromatic heterocycles. The van der Waals surface area contributed by atoms with Crippen LogP contribution < -0.4 is 5.32 Å². The van der Waals surface area contributed by atoms with E-state index in [1.54, 1.807) is 6.92 Å². The molecule has 1 aliphatic carbocycles. The summed E-state index contributed by atoms with van der Waals surface area (Å²) in [5.41, 5.74) is 1.54. The van der Waals surface area contributed by atoms with Gasteiger partial charge in [-0.25, -0.2) is 8.78 Å². The molecule has 4 heteroatoms. The highest BCUT2D eigenvalue weighted by molar-refractivity contribution is 6.31. The highest BCUT2D eigenvalue weighted by Crippen LogP contribution is 2.41. The Kier molecular flexibility index (Phi) is 3.85. The van der Waals surface area contributed by atoms with Gasteiger partial charge in [-0.2, -0.15) is 0 Å². The van der Waals surface area contributed by atoms with Crippen molar-refractivity contribution in [3.8, 4) is 0 Å². The van der Waals surface area contributed by atoms with Gasteiger partial charge < -0.3 is 5.32 Å². The fourth-order valence-electron chi connectivity index (χ4n) is 2.79. The molecule has 0 heterocycles. The molecule has 1 fully saturated rings. The Morgan fingerprint density at radius 2 is 1.81 bits per heavy atom.